The Morgan fingerprint density at radius 3 is 2.75 bits per heavy atom. The van der Waals surface area contributed by atoms with Gasteiger partial charge in [0.2, 0.25) is 0 Å². The van der Waals surface area contributed by atoms with Crippen molar-refractivity contribution in [1.82, 2.24) is 4.98 Å². The number of hydrogen-bond donors (Lipinski definition) is 3. The van der Waals surface area contributed by atoms with Crippen molar-refractivity contribution < 1.29 is 14.7 Å². The highest BCUT2D eigenvalue weighted by molar-refractivity contribution is 7.09. The number of carbonyl (C=O) groups excluding carboxylic acids is 1. The lowest BCUT2D eigenvalue weighted by molar-refractivity contribution is 0.0697. The predicted octanol–water partition coefficient (Wildman–Crippen LogP) is 2.21. The molecular formula is C12H10ClN3O3S. The first-order chi connectivity index (χ1) is 9.51. The van der Waals surface area contributed by atoms with Crippen molar-refractivity contribution >= 4 is 40.5 Å². The Bertz CT molecular complexity index is 672. The van der Waals surface area contributed by atoms with E-state index in [2.05, 4.69) is 10.3 Å². The van der Waals surface area contributed by atoms with Crippen molar-refractivity contribution in [2.45, 2.75) is 6.54 Å². The Morgan fingerprint density at radius 1 is 1.45 bits per heavy atom. The lowest BCUT2D eigenvalue weighted by atomic mass is 10.2. The van der Waals surface area contributed by atoms with Crippen LogP contribution < -0.4 is 11.1 Å². The van der Waals surface area contributed by atoms with Crippen LogP contribution in [0.1, 0.15) is 25.9 Å². The van der Waals surface area contributed by atoms with Gasteiger partial charge in [0.1, 0.15) is 10.7 Å². The highest BCUT2D eigenvalue weighted by atomic mass is 35.5. The zero-order chi connectivity index (χ0) is 14.7. The number of aromatic nitrogens is 1. The Kier molecular flexibility index (Phi) is 4.33. The molecule has 2 aromatic rings. The fourth-order valence-electron chi connectivity index (χ4n) is 1.47. The van der Waals surface area contributed by atoms with Crippen LogP contribution in [0.4, 0.5) is 5.69 Å². The maximum absolute atomic E-state index is 11.9. The number of nitrogens with two attached hydrogens (primary N) is 1. The summed E-state index contributed by atoms with van der Waals surface area (Å²) in [5.41, 5.74) is 6.05. The molecule has 0 saturated carbocycles. The molecule has 1 aromatic carbocycles. The summed E-state index contributed by atoms with van der Waals surface area (Å²) < 4.78 is 0. The Balaban J connectivity index is 2.15. The molecule has 0 saturated heterocycles. The van der Waals surface area contributed by atoms with Gasteiger partial charge in [-0.25, -0.2) is 9.78 Å². The standard InChI is InChI=1S/C12H10ClN3O3S/c13-8-3-6(1-2-7(8)12(18)19)15-11(17)9-5-20-10(4-14)16-9/h1-3,5H,4,14H2,(H,15,17)(H,18,19). The van der Waals surface area contributed by atoms with Crippen molar-refractivity contribution in [2.24, 2.45) is 5.73 Å². The average molecular weight is 312 g/mol. The number of aromatic carboxylic acids is 1. The number of hydrogen-bond acceptors (Lipinski definition) is 5. The van der Waals surface area contributed by atoms with Gasteiger partial charge in [-0.3, -0.25) is 4.79 Å². The zero-order valence-corrected chi connectivity index (χ0v) is 11.7. The largest absolute Gasteiger partial charge is 0.478 e. The lowest BCUT2D eigenvalue weighted by Crippen LogP contribution is -2.13. The van der Waals surface area contributed by atoms with Crippen molar-refractivity contribution in [3.63, 3.8) is 0 Å². The second kappa shape index (κ2) is 6.00. The monoisotopic (exact) mass is 311 g/mol. The van der Waals surface area contributed by atoms with Crippen LogP contribution >= 0.6 is 22.9 Å². The van der Waals surface area contributed by atoms with Crippen molar-refractivity contribution in [3.05, 3.63) is 44.9 Å². The van der Waals surface area contributed by atoms with Gasteiger partial charge in [-0.05, 0) is 18.2 Å². The van der Waals surface area contributed by atoms with Gasteiger partial charge >= 0.3 is 5.97 Å². The first kappa shape index (κ1) is 14.4. The van der Waals surface area contributed by atoms with Gasteiger partial charge in [0.15, 0.2) is 0 Å². The molecule has 8 heteroatoms. The highest BCUT2D eigenvalue weighted by Crippen LogP contribution is 2.21. The fourth-order valence-corrected chi connectivity index (χ4v) is 2.39. The summed E-state index contributed by atoms with van der Waals surface area (Å²) in [6.07, 6.45) is 0. The number of halogens is 1. The third kappa shape index (κ3) is 3.13. The minimum absolute atomic E-state index is 0.0243. The van der Waals surface area contributed by atoms with Crippen LogP contribution in [0.3, 0.4) is 0 Å². The summed E-state index contributed by atoms with van der Waals surface area (Å²) in [6.45, 7) is 0.275. The summed E-state index contributed by atoms with van der Waals surface area (Å²) in [6, 6.07) is 4.16. The van der Waals surface area contributed by atoms with Gasteiger partial charge in [0.25, 0.3) is 5.91 Å². The molecule has 0 fully saturated rings. The number of amides is 1. The molecule has 20 heavy (non-hydrogen) atoms. The summed E-state index contributed by atoms with van der Waals surface area (Å²) in [5, 5.41) is 13.8. The van der Waals surface area contributed by atoms with Crippen LogP contribution in [-0.2, 0) is 6.54 Å². The van der Waals surface area contributed by atoms with Crippen molar-refractivity contribution in [3.8, 4) is 0 Å². The molecule has 0 bridgehead atoms. The van der Waals surface area contributed by atoms with Gasteiger partial charge in [-0.1, -0.05) is 11.6 Å². The number of carbonyl (C=O) groups is 2. The Morgan fingerprint density at radius 2 is 2.20 bits per heavy atom. The van der Waals surface area contributed by atoms with E-state index in [9.17, 15) is 9.59 Å². The normalized spacial score (nSPS) is 10.3. The molecule has 0 aliphatic heterocycles. The average Bonchev–Trinajstić information content (AvgIpc) is 2.87. The Hall–Kier alpha value is -1.96. The second-order valence-corrected chi connectivity index (χ2v) is 5.13. The van der Waals surface area contributed by atoms with Gasteiger partial charge in [-0.15, -0.1) is 11.3 Å². The van der Waals surface area contributed by atoms with Crippen molar-refractivity contribution in [1.29, 1.82) is 0 Å². The number of rotatable bonds is 4. The van der Waals surface area contributed by atoms with E-state index in [1.807, 2.05) is 0 Å². The van der Waals surface area contributed by atoms with Crippen LogP contribution in [0.2, 0.25) is 5.02 Å². The topological polar surface area (TPSA) is 105 Å². The molecule has 0 unspecified atom stereocenters. The van der Waals surface area contributed by atoms with Gasteiger partial charge in [-0.2, -0.15) is 0 Å². The number of carboxylic acid groups (broad SMARTS) is 1. The number of benzene rings is 1. The van der Waals surface area contributed by atoms with Crippen LogP contribution in [0.15, 0.2) is 23.6 Å². The first-order valence-corrected chi connectivity index (χ1v) is 6.75. The van der Waals surface area contributed by atoms with Gasteiger partial charge in [0, 0.05) is 17.6 Å². The molecule has 0 atom stereocenters. The third-order valence-electron chi connectivity index (χ3n) is 2.42. The van der Waals surface area contributed by atoms with E-state index in [4.69, 9.17) is 22.4 Å². The van der Waals surface area contributed by atoms with E-state index in [0.29, 0.717) is 10.7 Å². The van der Waals surface area contributed by atoms with E-state index in [-0.39, 0.29) is 22.8 Å². The smallest absolute Gasteiger partial charge is 0.337 e. The number of carboxylic acids is 1. The summed E-state index contributed by atoms with van der Waals surface area (Å²) >= 11 is 7.12. The lowest BCUT2D eigenvalue weighted by Gasteiger charge is -2.05. The molecule has 0 spiro atoms. The highest BCUT2D eigenvalue weighted by Gasteiger charge is 2.13. The summed E-state index contributed by atoms with van der Waals surface area (Å²) in [5.74, 6) is -1.53. The van der Waals surface area contributed by atoms with Crippen LogP contribution in [0.5, 0.6) is 0 Å². The molecule has 1 aromatic heterocycles. The van der Waals surface area contributed by atoms with Gasteiger partial charge in [0.05, 0.1) is 10.6 Å². The van der Waals surface area contributed by atoms with E-state index >= 15 is 0 Å². The second-order valence-electron chi connectivity index (χ2n) is 3.78. The van der Waals surface area contributed by atoms with Crippen LogP contribution in [-0.4, -0.2) is 22.0 Å². The molecule has 6 nitrogen and oxygen atoms in total. The van der Waals surface area contributed by atoms with Gasteiger partial charge < -0.3 is 16.2 Å². The third-order valence-corrected chi connectivity index (χ3v) is 3.60. The fraction of sp³-hybridized carbons (Fsp3) is 0.0833. The van der Waals surface area contributed by atoms with Crippen LogP contribution in [0, 0.1) is 0 Å². The molecule has 0 aliphatic rings. The minimum atomic E-state index is -1.13. The van der Waals surface area contributed by atoms with E-state index in [1.165, 1.54) is 29.5 Å². The SMILES string of the molecule is NCc1nc(C(=O)Nc2ccc(C(=O)O)c(Cl)c2)cs1. The molecular weight excluding hydrogens is 302 g/mol. The van der Waals surface area contributed by atoms with E-state index < -0.39 is 11.9 Å². The zero-order valence-electron chi connectivity index (χ0n) is 10.1. The molecule has 4 N–H and O–H groups in total. The molecule has 0 radical (unpaired) electrons. The molecule has 2 rings (SSSR count). The number of thiazole rings is 1. The predicted molar refractivity (Wildman–Crippen MR) is 76.4 cm³/mol. The first-order valence-electron chi connectivity index (χ1n) is 5.50. The van der Waals surface area contributed by atoms with E-state index in [0.717, 1.165) is 0 Å². The molecule has 1 heterocycles. The van der Waals surface area contributed by atoms with Crippen molar-refractivity contribution in [2.75, 3.05) is 5.32 Å². The number of nitrogens with zero attached hydrogens (tertiary/aromatic N) is 1. The quantitative estimate of drug-likeness (QED) is 0.802. The molecule has 104 valence electrons. The minimum Gasteiger partial charge on any atom is -0.478 e. The summed E-state index contributed by atoms with van der Waals surface area (Å²) in [7, 11) is 0. The maximum Gasteiger partial charge on any atom is 0.337 e. The number of nitrogens with one attached hydrogen (secondary N) is 1. The van der Waals surface area contributed by atoms with Crippen LogP contribution in [0.25, 0.3) is 0 Å². The summed E-state index contributed by atoms with van der Waals surface area (Å²) in [4.78, 5) is 26.8. The molecule has 1 amide bonds. The maximum atomic E-state index is 11.9. The Labute approximate surface area is 123 Å². The van der Waals surface area contributed by atoms with E-state index in [1.54, 1.807) is 5.38 Å². The number of anilines is 1. The molecule has 0 aliphatic carbocycles.